The SMILES string of the molecule is COc1cc(Cl)ccc1-c1nnc(-c2cnc3onc(C4CC4)c3c2)o1. The summed E-state index contributed by atoms with van der Waals surface area (Å²) in [6, 6.07) is 7.16. The summed E-state index contributed by atoms with van der Waals surface area (Å²) in [5.74, 6) is 1.75. The maximum Gasteiger partial charge on any atom is 0.257 e. The average Bonchev–Trinajstić information content (AvgIpc) is 3.23. The Morgan fingerprint density at radius 1 is 1.15 bits per heavy atom. The first-order chi connectivity index (χ1) is 12.7. The fraction of sp³-hybridized carbons (Fsp3) is 0.222. The molecule has 0 bridgehead atoms. The van der Waals surface area contributed by atoms with Crippen LogP contribution in [0, 0.1) is 0 Å². The lowest BCUT2D eigenvalue weighted by Gasteiger charge is -2.04. The molecule has 7 nitrogen and oxygen atoms in total. The highest BCUT2D eigenvalue weighted by atomic mass is 35.5. The van der Waals surface area contributed by atoms with Gasteiger partial charge >= 0.3 is 0 Å². The number of fused-ring (bicyclic) bond motifs is 1. The van der Waals surface area contributed by atoms with E-state index >= 15 is 0 Å². The summed E-state index contributed by atoms with van der Waals surface area (Å²) >= 11 is 6.00. The van der Waals surface area contributed by atoms with Gasteiger partial charge in [-0.25, -0.2) is 4.98 Å². The van der Waals surface area contributed by atoms with Crippen molar-refractivity contribution in [1.29, 1.82) is 0 Å². The lowest BCUT2D eigenvalue weighted by Crippen LogP contribution is -1.87. The lowest BCUT2D eigenvalue weighted by molar-refractivity contribution is 0.414. The van der Waals surface area contributed by atoms with Gasteiger partial charge in [-0.1, -0.05) is 16.8 Å². The number of nitrogens with zero attached hydrogens (tertiary/aromatic N) is 4. The molecular weight excluding hydrogens is 356 g/mol. The first kappa shape index (κ1) is 15.3. The molecule has 1 saturated carbocycles. The molecule has 1 aliphatic rings. The van der Waals surface area contributed by atoms with Gasteiger partial charge in [-0.05, 0) is 37.1 Å². The Morgan fingerprint density at radius 3 is 2.81 bits per heavy atom. The molecule has 0 amide bonds. The number of methoxy groups -OCH3 is 1. The Kier molecular flexibility index (Phi) is 3.43. The molecule has 26 heavy (non-hydrogen) atoms. The van der Waals surface area contributed by atoms with Crippen molar-refractivity contribution in [2.45, 2.75) is 18.8 Å². The lowest BCUT2D eigenvalue weighted by atomic mass is 10.1. The molecule has 4 aromatic rings. The molecule has 0 atom stereocenters. The second kappa shape index (κ2) is 5.81. The van der Waals surface area contributed by atoms with Gasteiger partial charge < -0.3 is 13.7 Å². The Morgan fingerprint density at radius 2 is 2.00 bits per heavy atom. The molecule has 0 N–H and O–H groups in total. The molecule has 0 unspecified atom stereocenters. The van der Waals surface area contributed by atoms with E-state index in [1.165, 1.54) is 0 Å². The molecule has 3 aromatic heterocycles. The number of halogens is 1. The van der Waals surface area contributed by atoms with Gasteiger partial charge in [0.2, 0.25) is 5.89 Å². The topological polar surface area (TPSA) is 87.1 Å². The van der Waals surface area contributed by atoms with Crippen LogP contribution in [0.3, 0.4) is 0 Å². The van der Waals surface area contributed by atoms with Crippen LogP contribution < -0.4 is 4.74 Å². The minimum atomic E-state index is 0.348. The molecule has 1 aliphatic carbocycles. The van der Waals surface area contributed by atoms with Crippen molar-refractivity contribution in [3.63, 3.8) is 0 Å². The third kappa shape index (κ3) is 2.52. The van der Waals surface area contributed by atoms with Crippen molar-refractivity contribution in [3.8, 4) is 28.7 Å². The molecule has 0 aliphatic heterocycles. The normalized spacial score (nSPS) is 14.1. The first-order valence-corrected chi connectivity index (χ1v) is 8.54. The van der Waals surface area contributed by atoms with Gasteiger partial charge in [-0.15, -0.1) is 10.2 Å². The van der Waals surface area contributed by atoms with Crippen LogP contribution >= 0.6 is 11.6 Å². The van der Waals surface area contributed by atoms with Gasteiger partial charge in [0.1, 0.15) is 5.75 Å². The van der Waals surface area contributed by atoms with Crippen LogP contribution in [0.1, 0.15) is 24.5 Å². The quantitative estimate of drug-likeness (QED) is 0.524. The summed E-state index contributed by atoms with van der Waals surface area (Å²) < 4.78 is 16.5. The molecule has 0 radical (unpaired) electrons. The Labute approximate surface area is 152 Å². The summed E-state index contributed by atoms with van der Waals surface area (Å²) in [5, 5.41) is 13.9. The van der Waals surface area contributed by atoms with E-state index in [-0.39, 0.29) is 0 Å². The van der Waals surface area contributed by atoms with E-state index in [1.807, 2.05) is 6.07 Å². The van der Waals surface area contributed by atoms with Crippen molar-refractivity contribution in [1.82, 2.24) is 20.3 Å². The van der Waals surface area contributed by atoms with Crippen molar-refractivity contribution in [2.75, 3.05) is 7.11 Å². The van der Waals surface area contributed by atoms with Crippen LogP contribution in [0.25, 0.3) is 34.0 Å². The zero-order valence-electron chi connectivity index (χ0n) is 13.8. The van der Waals surface area contributed by atoms with Gasteiger partial charge in [-0.3, -0.25) is 0 Å². The fourth-order valence-corrected chi connectivity index (χ4v) is 3.07. The highest BCUT2D eigenvalue weighted by Crippen LogP contribution is 2.42. The number of aromatic nitrogens is 4. The van der Waals surface area contributed by atoms with E-state index in [0.717, 1.165) is 23.9 Å². The number of benzene rings is 1. The third-order valence-corrected chi connectivity index (χ3v) is 4.62. The standard InChI is InChI=1S/C18H13ClN4O3/c1-24-14-7-11(19)4-5-12(14)18-22-21-16(25-18)10-6-13-15(9-2-3-9)23-26-17(13)20-8-10/h4-9H,2-3H2,1H3. The largest absolute Gasteiger partial charge is 0.496 e. The van der Waals surface area contributed by atoms with Gasteiger partial charge in [0, 0.05) is 17.1 Å². The molecule has 1 aromatic carbocycles. The molecule has 0 saturated heterocycles. The van der Waals surface area contributed by atoms with E-state index in [2.05, 4.69) is 20.3 Å². The molecule has 0 spiro atoms. The predicted octanol–water partition coefficient (Wildman–Crippen LogP) is 4.48. The summed E-state index contributed by atoms with van der Waals surface area (Å²) in [6.07, 6.45) is 3.90. The zero-order valence-corrected chi connectivity index (χ0v) is 14.5. The van der Waals surface area contributed by atoms with E-state index in [0.29, 0.717) is 45.3 Å². The monoisotopic (exact) mass is 368 g/mol. The molecule has 130 valence electrons. The van der Waals surface area contributed by atoms with Crippen LogP contribution in [0.4, 0.5) is 0 Å². The molecule has 1 fully saturated rings. The van der Waals surface area contributed by atoms with E-state index < -0.39 is 0 Å². The van der Waals surface area contributed by atoms with Gasteiger partial charge in [-0.2, -0.15) is 0 Å². The van der Waals surface area contributed by atoms with Crippen LogP contribution in [-0.2, 0) is 0 Å². The second-order valence-corrected chi connectivity index (χ2v) is 6.61. The molecule has 3 heterocycles. The third-order valence-electron chi connectivity index (χ3n) is 4.39. The molecular formula is C18H13ClN4O3. The minimum Gasteiger partial charge on any atom is -0.496 e. The summed E-state index contributed by atoms with van der Waals surface area (Å²) in [7, 11) is 1.57. The summed E-state index contributed by atoms with van der Waals surface area (Å²) in [6.45, 7) is 0. The van der Waals surface area contributed by atoms with E-state index in [4.69, 9.17) is 25.3 Å². The van der Waals surface area contributed by atoms with Crippen LogP contribution in [0.5, 0.6) is 5.75 Å². The first-order valence-electron chi connectivity index (χ1n) is 8.16. The van der Waals surface area contributed by atoms with Crippen molar-refractivity contribution in [2.24, 2.45) is 0 Å². The number of ether oxygens (including phenoxy) is 1. The predicted molar refractivity (Wildman–Crippen MR) is 94.1 cm³/mol. The van der Waals surface area contributed by atoms with Crippen molar-refractivity contribution < 1.29 is 13.7 Å². The maximum atomic E-state index is 6.00. The minimum absolute atomic E-state index is 0.348. The maximum absolute atomic E-state index is 6.00. The van der Waals surface area contributed by atoms with Crippen LogP contribution in [0.2, 0.25) is 5.02 Å². The zero-order chi connectivity index (χ0) is 17.7. The van der Waals surface area contributed by atoms with Gasteiger partial charge in [0.05, 0.1) is 29.3 Å². The Balaban J connectivity index is 1.56. The average molecular weight is 369 g/mol. The number of hydrogen-bond donors (Lipinski definition) is 0. The second-order valence-electron chi connectivity index (χ2n) is 6.18. The van der Waals surface area contributed by atoms with Gasteiger partial charge in [0.15, 0.2) is 0 Å². The summed E-state index contributed by atoms with van der Waals surface area (Å²) in [4.78, 5) is 4.32. The van der Waals surface area contributed by atoms with E-state index in [9.17, 15) is 0 Å². The number of hydrogen-bond acceptors (Lipinski definition) is 7. The Hall–Kier alpha value is -2.93. The molecule has 5 rings (SSSR count). The fourth-order valence-electron chi connectivity index (χ4n) is 2.91. The van der Waals surface area contributed by atoms with Crippen molar-refractivity contribution >= 4 is 22.7 Å². The number of pyridine rings is 1. The number of rotatable bonds is 4. The highest BCUT2D eigenvalue weighted by molar-refractivity contribution is 6.30. The van der Waals surface area contributed by atoms with E-state index in [1.54, 1.807) is 31.5 Å². The molecule has 8 heteroatoms. The van der Waals surface area contributed by atoms with Crippen LogP contribution in [-0.4, -0.2) is 27.4 Å². The smallest absolute Gasteiger partial charge is 0.257 e. The van der Waals surface area contributed by atoms with Crippen molar-refractivity contribution in [3.05, 3.63) is 41.2 Å². The van der Waals surface area contributed by atoms with Crippen LogP contribution in [0.15, 0.2) is 39.4 Å². The van der Waals surface area contributed by atoms with Gasteiger partial charge in [0.25, 0.3) is 11.6 Å². The highest BCUT2D eigenvalue weighted by Gasteiger charge is 2.29. The Bertz CT molecular complexity index is 1120. The summed E-state index contributed by atoms with van der Waals surface area (Å²) in [5.41, 5.74) is 2.87.